The molecule has 0 bridgehead atoms. The van der Waals surface area contributed by atoms with Gasteiger partial charge < -0.3 is 44.7 Å². The molecule has 242 valence electrons. The van der Waals surface area contributed by atoms with Crippen molar-refractivity contribution in [1.29, 1.82) is 0 Å². The Hall–Kier alpha value is -4.74. The molecule has 3 aromatic rings. The van der Waals surface area contributed by atoms with Gasteiger partial charge in [0.1, 0.15) is 19.0 Å². The molecule has 16 nitrogen and oxygen atoms in total. The first-order valence-electron chi connectivity index (χ1n) is 14.1. The third kappa shape index (κ3) is 9.13. The number of nitrogens with zero attached hydrogens (tertiary/aromatic N) is 5. The van der Waals surface area contributed by atoms with E-state index in [4.69, 9.17) is 29.9 Å². The van der Waals surface area contributed by atoms with E-state index in [9.17, 15) is 23.6 Å². The van der Waals surface area contributed by atoms with Gasteiger partial charge in [-0.15, -0.1) is 5.10 Å². The standard InChI is InChI=1S/C22H25FN6O3.C6H8O7/c23-15-1-2-18-19(11-15)29(21(30)14-25-18)8-7-28-5-3-16(4-6-28)24-13-17-12-20-22(27-26-17)32-10-9-31-20;7-3(8)1-6(13,5(11)12)2-4(9)10/h1-2,11-12,14,16,24H,3-10,13H2;13H,1-2H2,(H,7,8)(H,9,10)(H,11,12). The molecule has 0 radical (unpaired) electrons. The molecule has 17 heteroatoms. The molecule has 0 unspecified atom stereocenters. The predicted molar refractivity (Wildman–Crippen MR) is 152 cm³/mol. The van der Waals surface area contributed by atoms with E-state index in [1.54, 1.807) is 10.6 Å². The Kier molecular flexibility index (Phi) is 10.9. The van der Waals surface area contributed by atoms with Crippen LogP contribution in [0.5, 0.6) is 11.6 Å². The van der Waals surface area contributed by atoms with Gasteiger partial charge in [-0.25, -0.2) is 14.2 Å². The Labute approximate surface area is 255 Å². The minimum absolute atomic E-state index is 0.208. The van der Waals surface area contributed by atoms with Crippen LogP contribution >= 0.6 is 0 Å². The first-order valence-corrected chi connectivity index (χ1v) is 14.1. The number of hydrogen-bond donors (Lipinski definition) is 5. The topological polar surface area (TPSA) is 227 Å². The van der Waals surface area contributed by atoms with Crippen molar-refractivity contribution in [2.75, 3.05) is 32.8 Å². The number of aromatic nitrogens is 4. The zero-order valence-electron chi connectivity index (χ0n) is 24.1. The Balaban J connectivity index is 0.000000302. The Morgan fingerprint density at radius 1 is 1.00 bits per heavy atom. The molecule has 4 heterocycles. The molecule has 5 N–H and O–H groups in total. The zero-order chi connectivity index (χ0) is 32.6. The maximum absolute atomic E-state index is 13.7. The van der Waals surface area contributed by atoms with Crippen molar-refractivity contribution in [1.82, 2.24) is 30.0 Å². The number of benzene rings is 1. The second kappa shape index (κ2) is 14.8. The van der Waals surface area contributed by atoms with E-state index in [1.165, 1.54) is 18.3 Å². The minimum atomic E-state index is -2.74. The molecule has 5 rings (SSSR count). The molecule has 1 saturated heterocycles. The van der Waals surface area contributed by atoms with Gasteiger partial charge in [-0.2, -0.15) is 5.10 Å². The summed E-state index contributed by atoms with van der Waals surface area (Å²) < 4.78 is 26.3. The Morgan fingerprint density at radius 2 is 1.69 bits per heavy atom. The van der Waals surface area contributed by atoms with E-state index in [2.05, 4.69) is 25.4 Å². The highest BCUT2D eigenvalue weighted by molar-refractivity contribution is 5.88. The SMILES string of the molecule is O=C(O)CC(O)(CC(=O)O)C(=O)O.O=c1cnc2ccc(F)cc2n1CCN1CCC(NCc2cc3c(nn2)OCCO3)CC1. The molecule has 2 aromatic heterocycles. The molecule has 0 atom stereocenters. The number of carboxylic acid groups (broad SMARTS) is 3. The summed E-state index contributed by atoms with van der Waals surface area (Å²) in [6, 6.07) is 6.60. The predicted octanol–water partition coefficient (Wildman–Crippen LogP) is 0.103. The molecule has 1 fully saturated rings. The normalized spacial score (nSPS) is 15.2. The summed E-state index contributed by atoms with van der Waals surface area (Å²) >= 11 is 0. The number of rotatable bonds is 11. The summed E-state index contributed by atoms with van der Waals surface area (Å²) in [6.07, 6.45) is 1.01. The molecular formula is C28H33FN6O10. The van der Waals surface area contributed by atoms with Gasteiger partial charge in [-0.05, 0) is 44.1 Å². The second-order valence-electron chi connectivity index (χ2n) is 10.6. The smallest absolute Gasteiger partial charge is 0.336 e. The van der Waals surface area contributed by atoms with Gasteiger partial charge >= 0.3 is 17.9 Å². The molecule has 2 aliphatic rings. The number of fused-ring (bicyclic) bond motifs is 2. The van der Waals surface area contributed by atoms with E-state index in [0.717, 1.165) is 38.2 Å². The van der Waals surface area contributed by atoms with Gasteiger partial charge in [0, 0.05) is 31.7 Å². The summed E-state index contributed by atoms with van der Waals surface area (Å²) in [6.45, 7) is 4.74. The summed E-state index contributed by atoms with van der Waals surface area (Å²) in [5, 5.41) is 45.6. The number of halogens is 1. The lowest BCUT2D eigenvalue weighted by Crippen LogP contribution is -2.43. The summed E-state index contributed by atoms with van der Waals surface area (Å²) in [7, 11) is 0. The maximum Gasteiger partial charge on any atom is 0.336 e. The van der Waals surface area contributed by atoms with E-state index in [-0.39, 0.29) is 11.4 Å². The third-order valence-electron chi connectivity index (χ3n) is 7.25. The lowest BCUT2D eigenvalue weighted by atomic mass is 9.96. The van der Waals surface area contributed by atoms with Crippen molar-refractivity contribution in [3.05, 3.63) is 52.3 Å². The highest BCUT2D eigenvalue weighted by Crippen LogP contribution is 2.26. The van der Waals surface area contributed by atoms with Crippen LogP contribution in [0.25, 0.3) is 11.0 Å². The number of likely N-dealkylation sites (tertiary alicyclic amines) is 1. The highest BCUT2D eigenvalue weighted by Gasteiger charge is 2.40. The molecule has 1 aromatic carbocycles. The van der Waals surface area contributed by atoms with E-state index in [0.29, 0.717) is 55.0 Å². The molecule has 0 spiro atoms. The van der Waals surface area contributed by atoms with Crippen LogP contribution in [0.3, 0.4) is 0 Å². The molecule has 0 saturated carbocycles. The first-order chi connectivity index (χ1) is 21.4. The highest BCUT2D eigenvalue weighted by atomic mass is 19.1. The fourth-order valence-corrected chi connectivity index (χ4v) is 4.91. The molecular weight excluding hydrogens is 599 g/mol. The molecule has 0 amide bonds. The van der Waals surface area contributed by atoms with Gasteiger partial charge in [0.2, 0.25) is 0 Å². The molecule has 2 aliphatic heterocycles. The van der Waals surface area contributed by atoms with Crippen molar-refractivity contribution < 1.29 is 48.7 Å². The average Bonchev–Trinajstić information content (AvgIpc) is 2.99. The van der Waals surface area contributed by atoms with Gasteiger partial charge in [0.05, 0.1) is 35.8 Å². The lowest BCUT2D eigenvalue weighted by molar-refractivity contribution is -0.170. The van der Waals surface area contributed by atoms with Crippen molar-refractivity contribution in [2.24, 2.45) is 0 Å². The molecule has 0 aliphatic carbocycles. The number of carbonyl (C=O) groups is 3. The number of hydrogen-bond acceptors (Lipinski definition) is 12. The van der Waals surface area contributed by atoms with E-state index in [1.807, 2.05) is 6.07 Å². The number of carboxylic acids is 3. The first kappa shape index (κ1) is 33.2. The van der Waals surface area contributed by atoms with Gasteiger partial charge in [0.25, 0.3) is 11.4 Å². The largest absolute Gasteiger partial charge is 0.484 e. The Morgan fingerprint density at radius 3 is 2.36 bits per heavy atom. The van der Waals surface area contributed by atoms with Crippen LogP contribution in [-0.2, 0) is 27.5 Å². The van der Waals surface area contributed by atoms with Crippen LogP contribution in [0.15, 0.2) is 35.3 Å². The second-order valence-corrected chi connectivity index (χ2v) is 10.6. The van der Waals surface area contributed by atoms with Crippen molar-refractivity contribution in [3.8, 4) is 11.6 Å². The van der Waals surface area contributed by atoms with Crippen LogP contribution in [0.4, 0.5) is 4.39 Å². The summed E-state index contributed by atoms with van der Waals surface area (Å²) in [5.74, 6) is -4.28. The monoisotopic (exact) mass is 632 g/mol. The van der Waals surface area contributed by atoms with Crippen LogP contribution in [0, 0.1) is 5.82 Å². The van der Waals surface area contributed by atoms with Crippen LogP contribution in [-0.4, -0.2) is 107 Å². The quantitative estimate of drug-likeness (QED) is 0.189. The lowest BCUT2D eigenvalue weighted by Gasteiger charge is -2.32. The summed E-state index contributed by atoms with van der Waals surface area (Å²) in [5.41, 5.74) is -0.962. The fraction of sp³-hybridized carbons (Fsp3) is 0.464. The minimum Gasteiger partial charge on any atom is -0.484 e. The fourth-order valence-electron chi connectivity index (χ4n) is 4.91. The average molecular weight is 633 g/mol. The number of nitrogens with one attached hydrogen (secondary N) is 1. The van der Waals surface area contributed by atoms with Crippen LogP contribution < -0.4 is 20.3 Å². The van der Waals surface area contributed by atoms with Crippen LogP contribution in [0.2, 0.25) is 0 Å². The van der Waals surface area contributed by atoms with Crippen molar-refractivity contribution in [2.45, 2.75) is 50.4 Å². The van der Waals surface area contributed by atoms with E-state index < -0.39 is 36.4 Å². The third-order valence-corrected chi connectivity index (χ3v) is 7.25. The maximum atomic E-state index is 13.7. The van der Waals surface area contributed by atoms with Gasteiger partial charge in [-0.1, -0.05) is 0 Å². The van der Waals surface area contributed by atoms with Crippen molar-refractivity contribution in [3.63, 3.8) is 0 Å². The Bertz CT molecular complexity index is 1580. The van der Waals surface area contributed by atoms with Crippen LogP contribution in [0.1, 0.15) is 31.4 Å². The number of aliphatic carboxylic acids is 3. The van der Waals surface area contributed by atoms with Crippen molar-refractivity contribution >= 4 is 28.9 Å². The van der Waals surface area contributed by atoms with Gasteiger partial charge in [0.15, 0.2) is 11.4 Å². The zero-order valence-corrected chi connectivity index (χ0v) is 24.1. The number of ether oxygens (including phenoxy) is 2. The van der Waals surface area contributed by atoms with Gasteiger partial charge in [-0.3, -0.25) is 14.4 Å². The summed E-state index contributed by atoms with van der Waals surface area (Å²) in [4.78, 5) is 49.2. The van der Waals surface area contributed by atoms with E-state index >= 15 is 0 Å². The number of piperidine rings is 1. The number of aliphatic hydroxyl groups is 1. The molecule has 45 heavy (non-hydrogen) atoms.